The van der Waals surface area contributed by atoms with Crippen LogP contribution in [-0.2, 0) is 4.74 Å². The zero-order chi connectivity index (χ0) is 14.1. The second-order valence-corrected chi connectivity index (χ2v) is 5.25. The fraction of sp³-hybridized carbons (Fsp3) is 0.0714. The highest BCUT2D eigenvalue weighted by molar-refractivity contribution is 7.22. The van der Waals surface area contributed by atoms with Crippen molar-refractivity contribution >= 4 is 32.7 Å². The van der Waals surface area contributed by atoms with Gasteiger partial charge >= 0.3 is 5.97 Å². The van der Waals surface area contributed by atoms with Gasteiger partial charge in [0.25, 0.3) is 0 Å². The van der Waals surface area contributed by atoms with Crippen LogP contribution in [0.5, 0.6) is 0 Å². The average Bonchev–Trinajstić information content (AvgIpc) is 2.85. The first kappa shape index (κ1) is 12.6. The van der Waals surface area contributed by atoms with Crippen molar-refractivity contribution < 1.29 is 9.53 Å². The van der Waals surface area contributed by atoms with Gasteiger partial charge in [0.2, 0.25) is 0 Å². The molecule has 20 heavy (non-hydrogen) atoms. The monoisotopic (exact) mass is 285 g/mol. The largest absolute Gasteiger partial charge is 0.465 e. The van der Waals surface area contributed by atoms with E-state index in [0.29, 0.717) is 10.7 Å². The van der Waals surface area contributed by atoms with E-state index in [4.69, 9.17) is 10.5 Å². The van der Waals surface area contributed by atoms with Crippen molar-refractivity contribution in [1.29, 1.82) is 0 Å². The molecule has 1 aromatic carbocycles. The lowest BCUT2D eigenvalue weighted by Gasteiger charge is -2.03. The van der Waals surface area contributed by atoms with Crippen LogP contribution in [0.1, 0.15) is 10.4 Å². The van der Waals surface area contributed by atoms with E-state index in [1.54, 1.807) is 12.3 Å². The first-order chi connectivity index (χ1) is 9.67. The van der Waals surface area contributed by atoms with Gasteiger partial charge < -0.3 is 10.5 Å². The predicted molar refractivity (Wildman–Crippen MR) is 78.6 cm³/mol. The number of fused-ring (bicyclic) bond motifs is 1. The molecule has 0 bridgehead atoms. The number of pyridine rings is 1. The van der Waals surface area contributed by atoms with Gasteiger partial charge in [-0.15, -0.1) is 0 Å². The number of nitrogen functional groups attached to an aromatic ring is 1. The van der Waals surface area contributed by atoms with E-state index in [-0.39, 0.29) is 0 Å². The highest BCUT2D eigenvalue weighted by Gasteiger charge is 2.09. The van der Waals surface area contributed by atoms with E-state index in [9.17, 15) is 4.79 Å². The van der Waals surface area contributed by atoms with E-state index in [1.165, 1.54) is 24.6 Å². The smallest absolute Gasteiger partial charge is 0.339 e. The third kappa shape index (κ3) is 2.21. The lowest BCUT2D eigenvalue weighted by molar-refractivity contribution is 0.0600. The Bertz CT molecular complexity index is 798. The predicted octanol–water partition coefficient (Wildman–Crippen LogP) is 2.73. The number of methoxy groups -OCH3 is 1. The maximum absolute atomic E-state index is 11.5. The van der Waals surface area contributed by atoms with Crippen molar-refractivity contribution in [3.63, 3.8) is 0 Å². The molecule has 2 aromatic heterocycles. The molecule has 100 valence electrons. The van der Waals surface area contributed by atoms with Gasteiger partial charge in [-0.05, 0) is 23.8 Å². The Morgan fingerprint density at radius 3 is 2.90 bits per heavy atom. The van der Waals surface area contributed by atoms with Crippen molar-refractivity contribution in [3.05, 3.63) is 42.2 Å². The fourth-order valence-electron chi connectivity index (χ4n) is 1.95. The molecule has 0 aliphatic carbocycles. The molecular formula is C14H11N3O2S. The van der Waals surface area contributed by atoms with Gasteiger partial charge in [0, 0.05) is 18.0 Å². The molecule has 2 N–H and O–H groups in total. The Morgan fingerprint density at radius 1 is 1.25 bits per heavy atom. The quantitative estimate of drug-likeness (QED) is 0.732. The van der Waals surface area contributed by atoms with Gasteiger partial charge in [-0.3, -0.25) is 4.98 Å². The standard InChI is InChI=1S/C14H11N3O2S/c1-19-13(18)10-4-9(6-16-7-10)8-2-3-11-12(5-8)20-14(15)17-11/h2-7H,1H3,(H2,15,17). The van der Waals surface area contributed by atoms with Crippen molar-refractivity contribution in [2.75, 3.05) is 12.8 Å². The third-order valence-electron chi connectivity index (χ3n) is 2.90. The third-order valence-corrected chi connectivity index (χ3v) is 3.74. The van der Waals surface area contributed by atoms with E-state index >= 15 is 0 Å². The van der Waals surface area contributed by atoms with Crippen LogP contribution < -0.4 is 5.73 Å². The lowest BCUT2D eigenvalue weighted by atomic mass is 10.1. The van der Waals surface area contributed by atoms with Crippen LogP contribution in [0.2, 0.25) is 0 Å². The van der Waals surface area contributed by atoms with E-state index < -0.39 is 5.97 Å². The molecule has 0 atom stereocenters. The Morgan fingerprint density at radius 2 is 2.10 bits per heavy atom. The summed E-state index contributed by atoms with van der Waals surface area (Å²) >= 11 is 1.43. The van der Waals surface area contributed by atoms with Crippen LogP contribution in [-0.4, -0.2) is 23.0 Å². The number of thiazole rings is 1. The van der Waals surface area contributed by atoms with Crippen molar-refractivity contribution in [1.82, 2.24) is 9.97 Å². The van der Waals surface area contributed by atoms with Gasteiger partial charge in [-0.2, -0.15) is 0 Å². The number of rotatable bonds is 2. The van der Waals surface area contributed by atoms with E-state index in [2.05, 4.69) is 9.97 Å². The van der Waals surface area contributed by atoms with Gasteiger partial charge in [0.15, 0.2) is 5.13 Å². The highest BCUT2D eigenvalue weighted by atomic mass is 32.1. The van der Waals surface area contributed by atoms with Crippen LogP contribution in [0, 0.1) is 0 Å². The molecule has 0 radical (unpaired) electrons. The summed E-state index contributed by atoms with van der Waals surface area (Å²) in [7, 11) is 1.35. The highest BCUT2D eigenvalue weighted by Crippen LogP contribution is 2.29. The molecule has 0 unspecified atom stereocenters. The van der Waals surface area contributed by atoms with Gasteiger partial charge in [0.1, 0.15) is 0 Å². The first-order valence-electron chi connectivity index (χ1n) is 5.87. The number of hydrogen-bond donors (Lipinski definition) is 1. The lowest BCUT2D eigenvalue weighted by Crippen LogP contribution is -2.01. The number of carbonyl (C=O) groups is 1. The van der Waals surface area contributed by atoms with Gasteiger partial charge in [-0.25, -0.2) is 9.78 Å². The maximum atomic E-state index is 11.5. The molecule has 0 saturated heterocycles. The van der Waals surface area contributed by atoms with Crippen LogP contribution in [0.25, 0.3) is 21.3 Å². The Kier molecular flexibility index (Phi) is 3.08. The molecule has 5 nitrogen and oxygen atoms in total. The van der Waals surface area contributed by atoms with Crippen molar-refractivity contribution in [2.24, 2.45) is 0 Å². The van der Waals surface area contributed by atoms with E-state index in [0.717, 1.165) is 21.3 Å². The number of esters is 1. The van der Waals surface area contributed by atoms with E-state index in [1.807, 2.05) is 18.2 Å². The Labute approximate surface area is 119 Å². The SMILES string of the molecule is COC(=O)c1cncc(-c2ccc3nc(N)sc3c2)c1. The molecule has 0 amide bonds. The zero-order valence-electron chi connectivity index (χ0n) is 10.7. The summed E-state index contributed by atoms with van der Waals surface area (Å²) in [6.07, 6.45) is 3.19. The summed E-state index contributed by atoms with van der Waals surface area (Å²) in [5.74, 6) is -0.400. The summed E-state index contributed by atoms with van der Waals surface area (Å²) in [6, 6.07) is 7.58. The second kappa shape index (κ2) is 4.90. The molecule has 0 aliphatic rings. The summed E-state index contributed by atoms with van der Waals surface area (Å²) in [6.45, 7) is 0. The summed E-state index contributed by atoms with van der Waals surface area (Å²) < 4.78 is 5.70. The molecule has 3 aromatic rings. The minimum Gasteiger partial charge on any atom is -0.465 e. The zero-order valence-corrected chi connectivity index (χ0v) is 11.5. The summed E-state index contributed by atoms with van der Waals surface area (Å²) in [5.41, 5.74) is 8.80. The number of carbonyl (C=O) groups excluding carboxylic acids is 1. The fourth-order valence-corrected chi connectivity index (χ4v) is 2.72. The number of ether oxygens (including phenoxy) is 1. The molecule has 0 saturated carbocycles. The topological polar surface area (TPSA) is 78.1 Å². The molecule has 0 fully saturated rings. The maximum Gasteiger partial charge on any atom is 0.339 e. The van der Waals surface area contributed by atoms with Crippen molar-refractivity contribution in [2.45, 2.75) is 0 Å². The molecule has 0 aliphatic heterocycles. The van der Waals surface area contributed by atoms with Crippen LogP contribution in [0.15, 0.2) is 36.7 Å². The molecule has 3 rings (SSSR count). The van der Waals surface area contributed by atoms with Crippen LogP contribution in [0.4, 0.5) is 5.13 Å². The molecule has 6 heteroatoms. The van der Waals surface area contributed by atoms with Crippen LogP contribution >= 0.6 is 11.3 Å². The first-order valence-corrected chi connectivity index (χ1v) is 6.69. The Hall–Kier alpha value is -2.47. The van der Waals surface area contributed by atoms with Gasteiger partial charge in [-0.1, -0.05) is 17.4 Å². The average molecular weight is 285 g/mol. The number of hydrogen-bond acceptors (Lipinski definition) is 6. The minimum atomic E-state index is -0.400. The summed E-state index contributed by atoms with van der Waals surface area (Å²) in [4.78, 5) is 19.8. The van der Waals surface area contributed by atoms with Crippen LogP contribution in [0.3, 0.4) is 0 Å². The number of benzene rings is 1. The molecule has 2 heterocycles. The normalized spacial score (nSPS) is 10.7. The molecule has 0 spiro atoms. The molecular weight excluding hydrogens is 274 g/mol. The minimum absolute atomic E-state index is 0.400. The Balaban J connectivity index is 2.08. The number of nitrogens with zero attached hydrogens (tertiary/aromatic N) is 2. The second-order valence-electron chi connectivity index (χ2n) is 4.19. The summed E-state index contributed by atoms with van der Waals surface area (Å²) in [5, 5.41) is 0.540. The number of aromatic nitrogens is 2. The number of anilines is 1. The van der Waals surface area contributed by atoms with Gasteiger partial charge in [0.05, 0.1) is 22.9 Å². The number of nitrogens with two attached hydrogens (primary N) is 1. The van der Waals surface area contributed by atoms with Crippen molar-refractivity contribution in [3.8, 4) is 11.1 Å².